The second kappa shape index (κ2) is 4.93. The van der Waals surface area contributed by atoms with E-state index >= 15 is 0 Å². The summed E-state index contributed by atoms with van der Waals surface area (Å²) < 4.78 is 1.29. The molecule has 0 saturated heterocycles. The van der Waals surface area contributed by atoms with Gasteiger partial charge in [-0.1, -0.05) is 5.21 Å². The molecule has 110 valence electrons. The van der Waals surface area contributed by atoms with Crippen molar-refractivity contribution in [1.82, 2.24) is 20.0 Å². The summed E-state index contributed by atoms with van der Waals surface area (Å²) in [5, 5.41) is 27.6. The number of carbonyl (C=O) groups is 1. The number of pyridine rings is 1. The van der Waals surface area contributed by atoms with Crippen LogP contribution in [0.3, 0.4) is 0 Å². The molecule has 0 unspecified atom stereocenters. The van der Waals surface area contributed by atoms with Crippen LogP contribution in [0.15, 0.2) is 18.5 Å². The fourth-order valence-corrected chi connectivity index (χ4v) is 1.62. The van der Waals surface area contributed by atoms with Gasteiger partial charge in [0.2, 0.25) is 0 Å². The molecule has 0 bridgehead atoms. The van der Waals surface area contributed by atoms with Crippen molar-refractivity contribution < 1.29 is 14.8 Å². The molecule has 0 aliphatic carbocycles. The molecule has 2 aromatic rings. The Hall–Kier alpha value is -2.84. The van der Waals surface area contributed by atoms with Crippen molar-refractivity contribution in [2.75, 3.05) is 0 Å². The Labute approximate surface area is 119 Å². The lowest BCUT2D eigenvalue weighted by Crippen LogP contribution is -2.28. The summed E-state index contributed by atoms with van der Waals surface area (Å²) >= 11 is 0. The molecule has 21 heavy (non-hydrogen) atoms. The number of carboxylic acids is 1. The van der Waals surface area contributed by atoms with Crippen LogP contribution in [-0.4, -0.2) is 36.0 Å². The zero-order valence-electron chi connectivity index (χ0n) is 11.6. The van der Waals surface area contributed by atoms with Crippen LogP contribution in [0.4, 0.5) is 5.69 Å². The predicted molar refractivity (Wildman–Crippen MR) is 71.2 cm³/mol. The third-order valence-electron chi connectivity index (χ3n) is 3.17. The lowest BCUT2D eigenvalue weighted by atomic mass is 9.90. The molecular weight excluding hydrogens is 278 g/mol. The average Bonchev–Trinajstić information content (AvgIpc) is 2.88. The standard InChI is InChI=1S/C12H13N5O4/c1-7-9(4-8(5-13-7)17(20)21)16-6-10(14-15-16)12(2,3)11(18)19/h4-6H,1-3H3,(H,18,19). The summed E-state index contributed by atoms with van der Waals surface area (Å²) in [7, 11) is 0. The number of aromatic nitrogens is 4. The van der Waals surface area contributed by atoms with E-state index in [9.17, 15) is 14.9 Å². The van der Waals surface area contributed by atoms with Gasteiger partial charge < -0.3 is 5.11 Å². The van der Waals surface area contributed by atoms with Gasteiger partial charge in [0.1, 0.15) is 11.6 Å². The molecule has 9 nitrogen and oxygen atoms in total. The Morgan fingerprint density at radius 1 is 1.48 bits per heavy atom. The van der Waals surface area contributed by atoms with E-state index < -0.39 is 16.3 Å². The number of rotatable bonds is 4. The zero-order valence-corrected chi connectivity index (χ0v) is 11.6. The third-order valence-corrected chi connectivity index (χ3v) is 3.17. The van der Waals surface area contributed by atoms with Crippen molar-refractivity contribution in [3.05, 3.63) is 40.0 Å². The average molecular weight is 291 g/mol. The molecule has 0 aliphatic rings. The van der Waals surface area contributed by atoms with E-state index in [2.05, 4.69) is 15.3 Å². The summed E-state index contributed by atoms with van der Waals surface area (Å²) in [5.41, 5.74) is -0.235. The van der Waals surface area contributed by atoms with Crippen LogP contribution in [0.1, 0.15) is 25.2 Å². The Bertz CT molecular complexity index is 722. The molecule has 0 aliphatic heterocycles. The first-order valence-electron chi connectivity index (χ1n) is 6.01. The lowest BCUT2D eigenvalue weighted by molar-refractivity contribution is -0.385. The smallest absolute Gasteiger partial charge is 0.315 e. The summed E-state index contributed by atoms with van der Waals surface area (Å²) in [6.45, 7) is 4.67. The minimum atomic E-state index is -1.21. The second-order valence-corrected chi connectivity index (χ2v) is 5.03. The van der Waals surface area contributed by atoms with Gasteiger partial charge in [-0.25, -0.2) is 4.68 Å². The van der Waals surface area contributed by atoms with Crippen molar-refractivity contribution in [2.45, 2.75) is 26.2 Å². The number of hydrogen-bond acceptors (Lipinski definition) is 6. The molecule has 0 amide bonds. The number of aliphatic carboxylic acids is 1. The maximum absolute atomic E-state index is 11.2. The van der Waals surface area contributed by atoms with Gasteiger partial charge >= 0.3 is 5.97 Å². The summed E-state index contributed by atoms with van der Waals surface area (Å²) in [6.07, 6.45) is 2.58. The third kappa shape index (κ3) is 2.57. The van der Waals surface area contributed by atoms with Gasteiger partial charge in [0.05, 0.1) is 28.2 Å². The van der Waals surface area contributed by atoms with Crippen molar-refractivity contribution in [2.24, 2.45) is 0 Å². The SMILES string of the molecule is Cc1ncc([N+](=O)[O-])cc1-n1cc(C(C)(C)C(=O)O)nn1. The van der Waals surface area contributed by atoms with Crippen LogP contribution >= 0.6 is 0 Å². The number of nitro groups is 1. The van der Waals surface area contributed by atoms with Crippen LogP contribution in [-0.2, 0) is 10.2 Å². The van der Waals surface area contributed by atoms with E-state index in [1.165, 1.54) is 30.8 Å². The number of hydrogen-bond donors (Lipinski definition) is 1. The maximum atomic E-state index is 11.2. The highest BCUT2D eigenvalue weighted by Gasteiger charge is 2.33. The summed E-state index contributed by atoms with van der Waals surface area (Å²) in [5.74, 6) is -1.04. The summed E-state index contributed by atoms with van der Waals surface area (Å²) in [4.78, 5) is 25.4. The van der Waals surface area contributed by atoms with Crippen LogP contribution in [0.25, 0.3) is 5.69 Å². The molecule has 0 atom stereocenters. The van der Waals surface area contributed by atoms with Gasteiger partial charge in [-0.05, 0) is 20.8 Å². The predicted octanol–water partition coefficient (Wildman–Crippen LogP) is 1.24. The Morgan fingerprint density at radius 2 is 2.14 bits per heavy atom. The molecule has 2 rings (SSSR count). The molecule has 0 spiro atoms. The topological polar surface area (TPSA) is 124 Å². The van der Waals surface area contributed by atoms with E-state index in [1.54, 1.807) is 6.92 Å². The van der Waals surface area contributed by atoms with Gasteiger partial charge in [0, 0.05) is 6.07 Å². The van der Waals surface area contributed by atoms with Gasteiger partial charge in [0.15, 0.2) is 0 Å². The van der Waals surface area contributed by atoms with E-state index in [0.717, 1.165) is 6.20 Å². The van der Waals surface area contributed by atoms with E-state index in [0.29, 0.717) is 11.4 Å². The largest absolute Gasteiger partial charge is 0.481 e. The van der Waals surface area contributed by atoms with Crippen molar-refractivity contribution >= 4 is 11.7 Å². The maximum Gasteiger partial charge on any atom is 0.315 e. The molecule has 0 aromatic carbocycles. The quantitative estimate of drug-likeness (QED) is 0.663. The first kappa shape index (κ1) is 14.6. The fraction of sp³-hybridized carbons (Fsp3) is 0.333. The monoisotopic (exact) mass is 291 g/mol. The van der Waals surface area contributed by atoms with Crippen LogP contribution in [0.2, 0.25) is 0 Å². The van der Waals surface area contributed by atoms with Gasteiger partial charge in [-0.3, -0.25) is 19.9 Å². The minimum absolute atomic E-state index is 0.176. The lowest BCUT2D eigenvalue weighted by Gasteiger charge is -2.14. The van der Waals surface area contributed by atoms with Crippen molar-refractivity contribution in [3.8, 4) is 5.69 Å². The molecule has 1 N–H and O–H groups in total. The second-order valence-electron chi connectivity index (χ2n) is 5.03. The first-order chi connectivity index (χ1) is 9.73. The Morgan fingerprint density at radius 3 is 2.71 bits per heavy atom. The molecule has 0 fully saturated rings. The van der Waals surface area contributed by atoms with Crippen LogP contribution in [0, 0.1) is 17.0 Å². The molecule has 0 saturated carbocycles. The van der Waals surface area contributed by atoms with Crippen molar-refractivity contribution in [3.63, 3.8) is 0 Å². The Kier molecular flexibility index (Phi) is 3.42. The van der Waals surface area contributed by atoms with Gasteiger partial charge in [-0.2, -0.15) is 0 Å². The highest BCUT2D eigenvalue weighted by Crippen LogP contribution is 2.23. The van der Waals surface area contributed by atoms with Crippen molar-refractivity contribution in [1.29, 1.82) is 0 Å². The molecule has 2 heterocycles. The number of carboxylic acid groups (broad SMARTS) is 1. The molecule has 2 aromatic heterocycles. The van der Waals surface area contributed by atoms with E-state index in [-0.39, 0.29) is 11.4 Å². The van der Waals surface area contributed by atoms with E-state index in [4.69, 9.17) is 5.11 Å². The summed E-state index contributed by atoms with van der Waals surface area (Å²) in [6, 6.07) is 1.31. The van der Waals surface area contributed by atoms with Gasteiger partial charge in [0.25, 0.3) is 5.69 Å². The molecule has 9 heteroatoms. The first-order valence-corrected chi connectivity index (χ1v) is 6.01. The minimum Gasteiger partial charge on any atom is -0.481 e. The Balaban J connectivity index is 2.49. The highest BCUT2D eigenvalue weighted by molar-refractivity contribution is 5.79. The molecule has 0 radical (unpaired) electrons. The number of aryl methyl sites for hydroxylation is 1. The van der Waals surface area contributed by atoms with Crippen LogP contribution in [0.5, 0.6) is 0 Å². The number of nitrogens with zero attached hydrogens (tertiary/aromatic N) is 5. The van der Waals surface area contributed by atoms with Crippen LogP contribution < -0.4 is 0 Å². The molecular formula is C12H13N5O4. The van der Waals surface area contributed by atoms with Gasteiger partial charge in [-0.15, -0.1) is 5.10 Å². The zero-order chi connectivity index (χ0) is 15.8. The fourth-order valence-electron chi connectivity index (χ4n) is 1.62. The van der Waals surface area contributed by atoms with E-state index in [1.807, 2.05) is 0 Å². The highest BCUT2D eigenvalue weighted by atomic mass is 16.6. The normalized spacial score (nSPS) is 11.4.